The van der Waals surface area contributed by atoms with Crippen LogP contribution in [0, 0.1) is 0 Å². The molecule has 1 aliphatic heterocycles. The van der Waals surface area contributed by atoms with Crippen LogP contribution >= 0.6 is 15.9 Å². The second-order valence-corrected chi connectivity index (χ2v) is 8.81. The number of hydrogen-bond acceptors (Lipinski definition) is 5. The fourth-order valence-corrected chi connectivity index (χ4v) is 4.40. The third kappa shape index (κ3) is 3.23. The van der Waals surface area contributed by atoms with Crippen LogP contribution in [0.15, 0.2) is 64.3 Å². The first-order valence-corrected chi connectivity index (χ1v) is 10.8. The molecule has 2 aromatic carbocycles. The van der Waals surface area contributed by atoms with Gasteiger partial charge in [0.15, 0.2) is 11.6 Å². The van der Waals surface area contributed by atoms with E-state index in [-0.39, 0.29) is 11.8 Å². The second kappa shape index (κ2) is 7.40. The zero-order chi connectivity index (χ0) is 20.8. The summed E-state index contributed by atoms with van der Waals surface area (Å²) in [6.07, 6.45) is 2.30. The van der Waals surface area contributed by atoms with Crippen molar-refractivity contribution in [1.82, 2.24) is 14.8 Å². The molecule has 152 valence electrons. The number of Topliss-reactive ketones (excluding diaryl/α,β-unsaturated/α-hetero) is 1. The molecule has 1 aliphatic carbocycles. The van der Waals surface area contributed by atoms with Crippen molar-refractivity contribution in [1.29, 1.82) is 0 Å². The average Bonchev–Trinajstić information content (AvgIpc) is 3.17. The summed E-state index contributed by atoms with van der Waals surface area (Å²) in [4.78, 5) is 19.7. The number of carbonyl (C=O) groups excluding carboxylic acids is 1. The highest BCUT2D eigenvalue weighted by Gasteiger charge is 2.36. The summed E-state index contributed by atoms with van der Waals surface area (Å²) >= 11 is 3.50. The Morgan fingerprint density at radius 3 is 2.50 bits per heavy atom. The Morgan fingerprint density at radius 1 is 1.07 bits per heavy atom. The normalized spacial score (nSPS) is 18.0. The summed E-state index contributed by atoms with van der Waals surface area (Å²) in [7, 11) is 4.03. The van der Waals surface area contributed by atoms with Crippen LogP contribution in [0.1, 0.15) is 30.9 Å². The number of carbonyl (C=O) groups is 1. The molecule has 0 amide bonds. The predicted octanol–water partition coefficient (Wildman–Crippen LogP) is 4.80. The van der Waals surface area contributed by atoms with Gasteiger partial charge in [0.05, 0.1) is 0 Å². The first-order valence-electron chi connectivity index (χ1n) is 10.0. The molecule has 2 aliphatic rings. The van der Waals surface area contributed by atoms with Gasteiger partial charge in [0.2, 0.25) is 5.95 Å². The van der Waals surface area contributed by atoms with Crippen LogP contribution in [-0.4, -0.2) is 34.6 Å². The highest BCUT2D eigenvalue weighted by Crippen LogP contribution is 2.40. The minimum absolute atomic E-state index is 0.190. The van der Waals surface area contributed by atoms with Crippen molar-refractivity contribution in [3.8, 4) is 11.4 Å². The number of nitrogens with one attached hydrogen (secondary N) is 1. The summed E-state index contributed by atoms with van der Waals surface area (Å²) < 4.78 is 2.87. The molecule has 6 nitrogen and oxygen atoms in total. The monoisotopic (exact) mass is 463 g/mol. The van der Waals surface area contributed by atoms with Crippen molar-refractivity contribution in [2.24, 2.45) is 0 Å². The van der Waals surface area contributed by atoms with Crippen molar-refractivity contribution in [2.45, 2.75) is 25.3 Å². The molecule has 7 heteroatoms. The van der Waals surface area contributed by atoms with E-state index in [2.05, 4.69) is 38.3 Å². The average molecular weight is 464 g/mol. The molecule has 1 atom stereocenters. The largest absolute Gasteiger partial charge is 0.378 e. The number of allylic oxidation sites excluding steroid dienone is 2. The highest BCUT2D eigenvalue weighted by atomic mass is 79.9. The van der Waals surface area contributed by atoms with Gasteiger partial charge in [-0.05, 0) is 54.8 Å². The van der Waals surface area contributed by atoms with E-state index >= 15 is 0 Å². The molecule has 0 bridgehead atoms. The van der Waals surface area contributed by atoms with E-state index in [1.54, 1.807) is 0 Å². The first kappa shape index (κ1) is 19.1. The SMILES string of the molecule is CN(C)c1ccc(-c2nc3n(n2)C(c2ccc(Br)cc2)C2=C(CCCC2=O)N3)cc1. The fourth-order valence-electron chi connectivity index (χ4n) is 4.14. The Balaban J connectivity index is 1.61. The van der Waals surface area contributed by atoms with Gasteiger partial charge in [-0.3, -0.25) is 4.79 Å². The summed E-state index contributed by atoms with van der Waals surface area (Å²) in [6.45, 7) is 0. The number of rotatable bonds is 3. The van der Waals surface area contributed by atoms with Gasteiger partial charge in [-0.25, -0.2) is 4.68 Å². The molecule has 0 saturated carbocycles. The van der Waals surface area contributed by atoms with Crippen LogP contribution in [0.4, 0.5) is 11.6 Å². The summed E-state index contributed by atoms with van der Waals surface area (Å²) in [5.74, 6) is 1.52. The van der Waals surface area contributed by atoms with E-state index < -0.39 is 0 Å². The maximum atomic E-state index is 12.9. The van der Waals surface area contributed by atoms with Gasteiger partial charge < -0.3 is 10.2 Å². The Kier molecular flexibility index (Phi) is 4.70. The second-order valence-electron chi connectivity index (χ2n) is 7.89. The van der Waals surface area contributed by atoms with E-state index in [0.29, 0.717) is 18.2 Å². The van der Waals surface area contributed by atoms with Crippen LogP contribution < -0.4 is 10.2 Å². The van der Waals surface area contributed by atoms with Gasteiger partial charge in [0, 0.05) is 47.5 Å². The van der Waals surface area contributed by atoms with Crippen molar-refractivity contribution in [3.63, 3.8) is 0 Å². The summed E-state index contributed by atoms with van der Waals surface area (Å²) in [5.41, 5.74) is 4.90. The predicted molar refractivity (Wildman–Crippen MR) is 122 cm³/mol. The fraction of sp³-hybridized carbons (Fsp3) is 0.261. The Labute approximate surface area is 183 Å². The Morgan fingerprint density at radius 2 is 1.80 bits per heavy atom. The van der Waals surface area contributed by atoms with E-state index in [4.69, 9.17) is 10.1 Å². The van der Waals surface area contributed by atoms with Crippen molar-refractivity contribution in [2.75, 3.05) is 24.3 Å². The highest BCUT2D eigenvalue weighted by molar-refractivity contribution is 9.10. The van der Waals surface area contributed by atoms with Gasteiger partial charge in [-0.1, -0.05) is 28.1 Å². The molecule has 0 radical (unpaired) electrons. The van der Waals surface area contributed by atoms with Crippen molar-refractivity contribution in [3.05, 3.63) is 69.8 Å². The number of benzene rings is 2. The molecule has 2 heterocycles. The van der Waals surface area contributed by atoms with Gasteiger partial charge in [0.1, 0.15) is 6.04 Å². The van der Waals surface area contributed by atoms with Crippen LogP contribution in [0.3, 0.4) is 0 Å². The lowest BCUT2D eigenvalue weighted by molar-refractivity contribution is -0.116. The van der Waals surface area contributed by atoms with Gasteiger partial charge in [0.25, 0.3) is 0 Å². The van der Waals surface area contributed by atoms with Gasteiger partial charge in [-0.15, -0.1) is 5.10 Å². The van der Waals surface area contributed by atoms with Crippen molar-refractivity contribution < 1.29 is 4.79 Å². The molecule has 0 saturated heterocycles. The third-order valence-corrected chi connectivity index (χ3v) is 6.22. The Bertz CT molecular complexity index is 1150. The minimum Gasteiger partial charge on any atom is -0.378 e. The van der Waals surface area contributed by atoms with E-state index in [9.17, 15) is 4.79 Å². The van der Waals surface area contributed by atoms with Crippen molar-refractivity contribution >= 4 is 33.3 Å². The topological polar surface area (TPSA) is 63.1 Å². The van der Waals surface area contributed by atoms with Crippen LogP contribution in [-0.2, 0) is 4.79 Å². The molecular weight excluding hydrogens is 442 g/mol. The van der Waals surface area contributed by atoms with E-state index in [1.165, 1.54) is 0 Å². The number of aromatic nitrogens is 3. The van der Waals surface area contributed by atoms with E-state index in [1.807, 2.05) is 55.2 Å². The maximum Gasteiger partial charge on any atom is 0.226 e. The first-order chi connectivity index (χ1) is 14.5. The number of hydrogen-bond donors (Lipinski definition) is 1. The molecule has 1 aromatic heterocycles. The van der Waals surface area contributed by atoms with Crippen LogP contribution in [0.2, 0.25) is 0 Å². The molecule has 30 heavy (non-hydrogen) atoms. The number of ketones is 1. The molecule has 1 N–H and O–H groups in total. The molecule has 5 rings (SSSR count). The maximum absolute atomic E-state index is 12.9. The molecule has 3 aromatic rings. The molecule has 0 spiro atoms. The quantitative estimate of drug-likeness (QED) is 0.604. The summed E-state index contributed by atoms with van der Waals surface area (Å²) in [6, 6.07) is 16.0. The van der Waals surface area contributed by atoms with Crippen LogP contribution in [0.5, 0.6) is 0 Å². The van der Waals surface area contributed by atoms with Gasteiger partial charge >= 0.3 is 0 Å². The lowest BCUT2D eigenvalue weighted by atomic mass is 9.85. The zero-order valence-corrected chi connectivity index (χ0v) is 18.5. The number of halogens is 1. The Hall–Kier alpha value is -2.93. The standard InChI is InChI=1S/C23H22BrN5O/c1-28(2)17-12-8-15(9-13-17)22-26-23-25-18-4-3-5-19(30)20(18)21(29(23)27-22)14-6-10-16(24)11-7-14/h6-13,21H,3-5H2,1-2H3,(H,25,26,27). The summed E-state index contributed by atoms with van der Waals surface area (Å²) in [5, 5.41) is 8.22. The van der Waals surface area contributed by atoms with E-state index in [0.717, 1.165) is 45.4 Å². The third-order valence-electron chi connectivity index (χ3n) is 5.70. The molecule has 0 fully saturated rings. The number of fused-ring (bicyclic) bond motifs is 1. The van der Waals surface area contributed by atoms with Gasteiger partial charge in [-0.2, -0.15) is 4.98 Å². The minimum atomic E-state index is -0.264. The van der Waals surface area contributed by atoms with Crippen LogP contribution in [0.25, 0.3) is 11.4 Å². The smallest absolute Gasteiger partial charge is 0.226 e. The number of anilines is 2. The number of nitrogens with zero attached hydrogens (tertiary/aromatic N) is 4. The molecule has 1 unspecified atom stereocenters. The zero-order valence-electron chi connectivity index (χ0n) is 16.9. The lowest BCUT2D eigenvalue weighted by Crippen LogP contribution is -2.31. The lowest BCUT2D eigenvalue weighted by Gasteiger charge is -2.32. The molecular formula is C23H22BrN5O.